The van der Waals surface area contributed by atoms with Crippen LogP contribution in [-0.4, -0.2) is 37.0 Å². The Kier molecular flexibility index (Phi) is 3.57. The van der Waals surface area contributed by atoms with Gasteiger partial charge in [-0.1, -0.05) is 30.3 Å². The summed E-state index contributed by atoms with van der Waals surface area (Å²) in [5.41, 5.74) is 1.09. The standard InChI is InChI=1S/C13H18N2O/c1-14-7-9-15(10-8-14)13(16)11-12-5-3-2-4-6-12/h2-6,14H,1,7-11H2. The van der Waals surface area contributed by atoms with Crippen LogP contribution >= 0.6 is 0 Å². The Bertz CT molecular complexity index is 342. The number of amides is 1. The number of nitrogens with one attached hydrogen (secondary N) is 1. The zero-order valence-electron chi connectivity index (χ0n) is 9.48. The molecule has 0 aromatic heterocycles. The number of hydrogen-bond donors (Lipinski definition) is 1. The van der Waals surface area contributed by atoms with E-state index in [1.165, 1.54) is 4.90 Å². The van der Waals surface area contributed by atoms with Crippen molar-refractivity contribution >= 4 is 5.91 Å². The summed E-state index contributed by atoms with van der Waals surface area (Å²) in [6.45, 7) is 3.59. The molecule has 1 aromatic rings. The lowest BCUT2D eigenvalue weighted by Crippen LogP contribution is -3.10. The van der Waals surface area contributed by atoms with Gasteiger partial charge in [0.15, 0.2) is 0 Å². The van der Waals surface area contributed by atoms with E-state index in [1.807, 2.05) is 35.2 Å². The maximum absolute atomic E-state index is 12.0. The van der Waals surface area contributed by atoms with Crippen LogP contribution in [0.2, 0.25) is 0 Å². The van der Waals surface area contributed by atoms with E-state index in [1.54, 1.807) is 0 Å². The third-order valence-corrected chi connectivity index (χ3v) is 3.02. The van der Waals surface area contributed by atoms with Gasteiger partial charge in [-0.15, -0.1) is 0 Å². The molecular weight excluding hydrogens is 200 g/mol. The van der Waals surface area contributed by atoms with Gasteiger partial charge in [-0.25, -0.2) is 0 Å². The van der Waals surface area contributed by atoms with Crippen molar-refractivity contribution in [2.24, 2.45) is 0 Å². The number of quaternary nitrogens is 1. The molecule has 0 aliphatic carbocycles. The minimum absolute atomic E-state index is 0.235. The summed E-state index contributed by atoms with van der Waals surface area (Å²) >= 11 is 0. The summed E-state index contributed by atoms with van der Waals surface area (Å²) in [4.78, 5) is 15.2. The highest BCUT2D eigenvalue weighted by Gasteiger charge is 2.19. The first-order valence-corrected chi connectivity index (χ1v) is 5.74. The molecule has 1 N–H and O–H groups in total. The molecule has 3 nitrogen and oxygen atoms in total. The van der Waals surface area contributed by atoms with Crippen LogP contribution in [0.3, 0.4) is 0 Å². The Morgan fingerprint density at radius 2 is 1.88 bits per heavy atom. The summed E-state index contributed by atoms with van der Waals surface area (Å²) in [6, 6.07) is 9.92. The Morgan fingerprint density at radius 1 is 1.25 bits per heavy atom. The van der Waals surface area contributed by atoms with Gasteiger partial charge in [0, 0.05) is 0 Å². The van der Waals surface area contributed by atoms with E-state index in [2.05, 4.69) is 7.05 Å². The molecular formula is C13H18N2O. The quantitative estimate of drug-likeness (QED) is 0.680. The molecule has 0 unspecified atom stereocenters. The number of nitrogens with zero attached hydrogens (tertiary/aromatic N) is 1. The van der Waals surface area contributed by atoms with Gasteiger partial charge < -0.3 is 9.80 Å². The SMILES string of the molecule is [CH2-][NH+]1CCN(C(=O)Cc2ccccc2)CC1. The Hall–Kier alpha value is -1.35. The normalized spacial score (nSPS) is 17.4. The van der Waals surface area contributed by atoms with Crippen molar-refractivity contribution in [1.82, 2.24) is 4.90 Å². The molecule has 1 saturated heterocycles. The maximum atomic E-state index is 12.0. The van der Waals surface area contributed by atoms with Gasteiger partial charge >= 0.3 is 0 Å². The minimum atomic E-state index is 0.235. The molecule has 1 heterocycles. The minimum Gasteiger partial charge on any atom is -0.465 e. The Balaban J connectivity index is 1.89. The van der Waals surface area contributed by atoms with Crippen molar-refractivity contribution in [3.05, 3.63) is 42.9 Å². The average Bonchev–Trinajstić information content (AvgIpc) is 2.31. The van der Waals surface area contributed by atoms with E-state index in [0.717, 1.165) is 31.7 Å². The molecule has 1 aliphatic heterocycles. The molecule has 0 bridgehead atoms. The first-order valence-electron chi connectivity index (χ1n) is 5.74. The van der Waals surface area contributed by atoms with E-state index >= 15 is 0 Å². The fraction of sp³-hybridized carbons (Fsp3) is 0.385. The molecule has 86 valence electrons. The van der Waals surface area contributed by atoms with E-state index in [-0.39, 0.29) is 5.91 Å². The summed E-state index contributed by atoms with van der Waals surface area (Å²) in [6.07, 6.45) is 0.521. The molecule has 0 saturated carbocycles. The van der Waals surface area contributed by atoms with Gasteiger partial charge in [0.25, 0.3) is 0 Å². The lowest BCUT2D eigenvalue weighted by molar-refractivity contribution is -0.858. The third-order valence-electron chi connectivity index (χ3n) is 3.02. The summed E-state index contributed by atoms with van der Waals surface area (Å²) in [5, 5.41) is 0. The highest BCUT2D eigenvalue weighted by molar-refractivity contribution is 5.78. The van der Waals surface area contributed by atoms with Gasteiger partial charge in [0.05, 0.1) is 32.6 Å². The fourth-order valence-corrected chi connectivity index (χ4v) is 1.95. The van der Waals surface area contributed by atoms with Crippen LogP contribution in [0.4, 0.5) is 0 Å². The van der Waals surface area contributed by atoms with Gasteiger partial charge in [-0.3, -0.25) is 4.79 Å². The summed E-state index contributed by atoms with van der Waals surface area (Å²) in [5.74, 6) is 0.235. The zero-order chi connectivity index (χ0) is 11.4. The van der Waals surface area contributed by atoms with Gasteiger partial charge in [-0.2, -0.15) is 7.05 Å². The second-order valence-electron chi connectivity index (χ2n) is 4.29. The molecule has 1 amide bonds. The first-order chi connectivity index (χ1) is 7.75. The van der Waals surface area contributed by atoms with E-state index in [9.17, 15) is 4.79 Å². The Morgan fingerprint density at radius 3 is 2.50 bits per heavy atom. The molecule has 16 heavy (non-hydrogen) atoms. The second-order valence-corrected chi connectivity index (χ2v) is 4.29. The van der Waals surface area contributed by atoms with E-state index in [4.69, 9.17) is 0 Å². The van der Waals surface area contributed by atoms with Crippen LogP contribution in [0.1, 0.15) is 5.56 Å². The molecule has 1 fully saturated rings. The number of rotatable bonds is 2. The van der Waals surface area contributed by atoms with Crippen LogP contribution in [0.25, 0.3) is 0 Å². The number of carbonyl (C=O) groups excluding carboxylic acids is 1. The lowest BCUT2D eigenvalue weighted by atomic mass is 10.1. The molecule has 1 aliphatic rings. The molecule has 0 spiro atoms. The van der Waals surface area contributed by atoms with Crippen molar-refractivity contribution in [3.63, 3.8) is 0 Å². The highest BCUT2D eigenvalue weighted by atomic mass is 16.2. The zero-order valence-corrected chi connectivity index (χ0v) is 9.48. The fourth-order valence-electron chi connectivity index (χ4n) is 1.95. The lowest BCUT2D eigenvalue weighted by Gasteiger charge is -2.33. The average molecular weight is 218 g/mol. The Labute approximate surface area is 96.7 Å². The second kappa shape index (κ2) is 5.12. The molecule has 0 radical (unpaired) electrons. The largest absolute Gasteiger partial charge is 0.465 e. The number of hydrogen-bond acceptors (Lipinski definition) is 1. The molecule has 2 rings (SSSR count). The van der Waals surface area contributed by atoms with Crippen molar-refractivity contribution in [1.29, 1.82) is 0 Å². The first kappa shape index (κ1) is 11.1. The monoisotopic (exact) mass is 218 g/mol. The number of carbonyl (C=O) groups is 1. The summed E-state index contributed by atoms with van der Waals surface area (Å²) in [7, 11) is 3.95. The highest BCUT2D eigenvalue weighted by Crippen LogP contribution is 2.03. The van der Waals surface area contributed by atoms with E-state index < -0.39 is 0 Å². The van der Waals surface area contributed by atoms with Gasteiger partial charge in [0.1, 0.15) is 0 Å². The predicted molar refractivity (Wildman–Crippen MR) is 62.8 cm³/mol. The number of piperazine rings is 1. The van der Waals surface area contributed by atoms with Crippen LogP contribution < -0.4 is 4.90 Å². The van der Waals surface area contributed by atoms with Crippen LogP contribution in [0.5, 0.6) is 0 Å². The smallest absolute Gasteiger partial charge is 0.227 e. The van der Waals surface area contributed by atoms with E-state index in [0.29, 0.717) is 6.42 Å². The maximum Gasteiger partial charge on any atom is 0.227 e. The van der Waals surface area contributed by atoms with Crippen molar-refractivity contribution in [2.75, 3.05) is 26.2 Å². The van der Waals surface area contributed by atoms with Crippen LogP contribution in [0, 0.1) is 7.05 Å². The van der Waals surface area contributed by atoms with Crippen LogP contribution in [0.15, 0.2) is 30.3 Å². The molecule has 3 heteroatoms. The van der Waals surface area contributed by atoms with Crippen LogP contribution in [-0.2, 0) is 11.2 Å². The van der Waals surface area contributed by atoms with Gasteiger partial charge in [-0.05, 0) is 5.56 Å². The van der Waals surface area contributed by atoms with Crippen molar-refractivity contribution in [2.45, 2.75) is 6.42 Å². The van der Waals surface area contributed by atoms with Crippen molar-refractivity contribution < 1.29 is 9.69 Å². The van der Waals surface area contributed by atoms with Gasteiger partial charge in [0.2, 0.25) is 5.91 Å². The van der Waals surface area contributed by atoms with Crippen molar-refractivity contribution in [3.8, 4) is 0 Å². The molecule has 1 aromatic carbocycles. The summed E-state index contributed by atoms with van der Waals surface area (Å²) < 4.78 is 0. The molecule has 0 atom stereocenters. The predicted octanol–water partition coefficient (Wildman–Crippen LogP) is -0.252. The number of benzene rings is 1. The third kappa shape index (κ3) is 2.83. The topological polar surface area (TPSA) is 24.8 Å².